The van der Waals surface area contributed by atoms with Crippen LogP contribution < -0.4 is 14.8 Å². The second kappa shape index (κ2) is 9.69. The van der Waals surface area contributed by atoms with Crippen LogP contribution in [0.2, 0.25) is 0 Å². The smallest absolute Gasteiger partial charge is 0.161 e. The number of rotatable bonds is 9. The number of hydrogen-bond donors (Lipinski definition) is 1. The lowest BCUT2D eigenvalue weighted by molar-refractivity contribution is 0.214. The first-order valence-electron chi connectivity index (χ1n) is 8.37. The van der Waals surface area contributed by atoms with Crippen LogP contribution in [0.4, 0.5) is 0 Å². The number of ether oxygens (including phenoxy) is 2. The van der Waals surface area contributed by atoms with E-state index in [0.29, 0.717) is 11.5 Å². The Bertz CT molecular complexity index is 700. The first-order chi connectivity index (χ1) is 12.2. The van der Waals surface area contributed by atoms with Crippen LogP contribution in [0.1, 0.15) is 23.6 Å². The van der Waals surface area contributed by atoms with Crippen LogP contribution in [-0.2, 0) is 11.3 Å². The Balaban J connectivity index is 2.56. The number of hydrogen-bond acceptors (Lipinski definition) is 5. The van der Waals surface area contributed by atoms with Crippen molar-refractivity contribution in [1.29, 1.82) is 0 Å². The van der Waals surface area contributed by atoms with Crippen LogP contribution in [0.5, 0.6) is 11.5 Å². The highest BCUT2D eigenvalue weighted by molar-refractivity contribution is 6.13. The number of nitrogens with one attached hydrogen (secondary N) is 1. The van der Waals surface area contributed by atoms with Gasteiger partial charge in [0, 0.05) is 11.1 Å². The van der Waals surface area contributed by atoms with Gasteiger partial charge in [-0.2, -0.15) is 0 Å². The fraction of sp³-hybridized carbons (Fsp3) is 0.350. The van der Waals surface area contributed by atoms with E-state index < -0.39 is 0 Å². The van der Waals surface area contributed by atoms with Crippen molar-refractivity contribution >= 4 is 5.71 Å². The number of nitrogens with zero attached hydrogens (tertiary/aromatic N) is 1. The van der Waals surface area contributed by atoms with E-state index in [9.17, 15) is 0 Å². The molecule has 25 heavy (non-hydrogen) atoms. The third-order valence-corrected chi connectivity index (χ3v) is 3.92. The maximum absolute atomic E-state index is 5.49. The molecule has 0 aromatic heterocycles. The van der Waals surface area contributed by atoms with Crippen LogP contribution in [-0.4, -0.2) is 40.1 Å². The van der Waals surface area contributed by atoms with Crippen LogP contribution in [0.25, 0.3) is 0 Å². The second-order valence-corrected chi connectivity index (χ2v) is 5.46. The van der Waals surface area contributed by atoms with Gasteiger partial charge in [0.25, 0.3) is 0 Å². The number of oxime groups is 1. The first-order valence-corrected chi connectivity index (χ1v) is 8.37. The average molecular weight is 342 g/mol. The zero-order valence-corrected chi connectivity index (χ0v) is 15.3. The van der Waals surface area contributed by atoms with E-state index in [0.717, 1.165) is 41.9 Å². The minimum Gasteiger partial charge on any atom is -0.493 e. The lowest BCUT2D eigenvalue weighted by Gasteiger charge is -2.16. The molecule has 0 amide bonds. The molecule has 0 radical (unpaired) electrons. The molecule has 0 spiro atoms. The zero-order valence-electron chi connectivity index (χ0n) is 15.3. The Kier molecular flexibility index (Phi) is 7.29. The quantitative estimate of drug-likeness (QED) is 0.432. The molecule has 2 rings (SSSR count). The third-order valence-electron chi connectivity index (χ3n) is 3.92. The molecule has 0 aliphatic rings. The van der Waals surface area contributed by atoms with Crippen LogP contribution in [0.15, 0.2) is 47.6 Å². The fourth-order valence-corrected chi connectivity index (χ4v) is 2.69. The van der Waals surface area contributed by atoms with Crippen molar-refractivity contribution < 1.29 is 14.3 Å². The molecule has 0 fully saturated rings. The molecule has 0 unspecified atom stereocenters. The summed E-state index contributed by atoms with van der Waals surface area (Å²) in [5, 5.41) is 7.64. The summed E-state index contributed by atoms with van der Waals surface area (Å²) in [6.07, 6.45) is 0.846. The van der Waals surface area contributed by atoms with Gasteiger partial charge in [0.1, 0.15) is 12.8 Å². The lowest BCUT2D eigenvalue weighted by Crippen LogP contribution is -2.18. The summed E-state index contributed by atoms with van der Waals surface area (Å²) in [6, 6.07) is 14.0. The topological polar surface area (TPSA) is 52.1 Å². The zero-order chi connectivity index (χ0) is 18.1. The van der Waals surface area contributed by atoms with E-state index in [1.54, 1.807) is 21.3 Å². The molecular formula is C20H26N2O3. The van der Waals surface area contributed by atoms with Crippen molar-refractivity contribution in [2.24, 2.45) is 5.16 Å². The highest BCUT2D eigenvalue weighted by Crippen LogP contribution is 2.32. The van der Waals surface area contributed by atoms with Gasteiger partial charge in [0.15, 0.2) is 11.5 Å². The maximum atomic E-state index is 5.49. The van der Waals surface area contributed by atoms with Crippen LogP contribution in [0, 0.1) is 0 Å². The number of benzene rings is 2. The normalized spacial score (nSPS) is 11.3. The molecular weight excluding hydrogens is 316 g/mol. The maximum Gasteiger partial charge on any atom is 0.161 e. The highest BCUT2D eigenvalue weighted by atomic mass is 16.6. The van der Waals surface area contributed by atoms with E-state index in [4.69, 9.17) is 14.3 Å². The minimum atomic E-state index is 0.671. The van der Waals surface area contributed by atoms with Crippen molar-refractivity contribution in [2.75, 3.05) is 34.4 Å². The average Bonchev–Trinajstić information content (AvgIpc) is 2.66. The summed E-state index contributed by atoms with van der Waals surface area (Å²) < 4.78 is 11.0. The molecule has 5 nitrogen and oxygen atoms in total. The third kappa shape index (κ3) is 4.73. The Morgan fingerprint density at radius 1 is 1.00 bits per heavy atom. The Morgan fingerprint density at radius 2 is 1.68 bits per heavy atom. The van der Waals surface area contributed by atoms with Gasteiger partial charge in [-0.1, -0.05) is 42.4 Å². The van der Waals surface area contributed by atoms with Crippen molar-refractivity contribution in [3.8, 4) is 11.5 Å². The Hall–Kier alpha value is -2.53. The molecule has 5 heteroatoms. The van der Waals surface area contributed by atoms with Gasteiger partial charge in [-0.25, -0.2) is 0 Å². The highest BCUT2D eigenvalue weighted by Gasteiger charge is 2.17. The van der Waals surface area contributed by atoms with Crippen molar-refractivity contribution in [3.05, 3.63) is 59.2 Å². The van der Waals surface area contributed by atoms with E-state index in [-0.39, 0.29) is 0 Å². The van der Waals surface area contributed by atoms with Gasteiger partial charge >= 0.3 is 0 Å². The standard InChI is InChI=1S/C20H26N2O3/c1-5-21-12-11-16-13-18(23-2)19(24-3)14-17(16)20(22-25-4)15-9-7-6-8-10-15/h6-10,13-14,21H,5,11-12H2,1-4H3/b22-20-. The molecule has 0 saturated carbocycles. The largest absolute Gasteiger partial charge is 0.493 e. The van der Waals surface area contributed by atoms with E-state index >= 15 is 0 Å². The second-order valence-electron chi connectivity index (χ2n) is 5.46. The molecule has 2 aromatic carbocycles. The van der Waals surface area contributed by atoms with Crippen LogP contribution >= 0.6 is 0 Å². The molecule has 134 valence electrons. The molecule has 2 aromatic rings. The predicted molar refractivity (Wildman–Crippen MR) is 101 cm³/mol. The summed E-state index contributed by atoms with van der Waals surface area (Å²) in [4.78, 5) is 5.12. The van der Waals surface area contributed by atoms with Gasteiger partial charge in [0.2, 0.25) is 0 Å². The van der Waals surface area contributed by atoms with E-state index in [1.165, 1.54) is 0 Å². The predicted octanol–water partition coefficient (Wildman–Crippen LogP) is 3.25. The monoisotopic (exact) mass is 342 g/mol. The summed E-state index contributed by atoms with van der Waals surface area (Å²) >= 11 is 0. The summed E-state index contributed by atoms with van der Waals surface area (Å²) in [5.74, 6) is 1.38. The summed E-state index contributed by atoms with van der Waals surface area (Å²) in [6.45, 7) is 3.89. The van der Waals surface area contributed by atoms with E-state index in [2.05, 4.69) is 17.4 Å². The van der Waals surface area contributed by atoms with Gasteiger partial charge in [-0.15, -0.1) is 0 Å². The van der Waals surface area contributed by atoms with Crippen LogP contribution in [0.3, 0.4) is 0 Å². The molecule has 0 atom stereocenters. The van der Waals surface area contributed by atoms with Crippen molar-refractivity contribution in [3.63, 3.8) is 0 Å². The molecule has 0 bridgehead atoms. The Labute approximate surface area is 149 Å². The van der Waals surface area contributed by atoms with Gasteiger partial charge < -0.3 is 19.6 Å². The molecule has 1 N–H and O–H groups in total. The summed E-state index contributed by atoms with van der Waals surface area (Å²) in [5.41, 5.74) is 3.86. The SMILES string of the molecule is CCNCCc1cc(OC)c(OC)cc1/C(=N\OC)c1ccccc1. The van der Waals surface area contributed by atoms with Gasteiger partial charge in [0.05, 0.1) is 14.2 Å². The van der Waals surface area contributed by atoms with Gasteiger partial charge in [-0.05, 0) is 37.2 Å². The van der Waals surface area contributed by atoms with E-state index in [1.807, 2.05) is 42.5 Å². The van der Waals surface area contributed by atoms with Gasteiger partial charge in [-0.3, -0.25) is 0 Å². The molecule has 0 heterocycles. The minimum absolute atomic E-state index is 0.671. The Morgan fingerprint density at radius 3 is 2.28 bits per heavy atom. The molecule has 0 aliphatic heterocycles. The number of methoxy groups -OCH3 is 2. The molecule has 0 saturated heterocycles. The fourth-order valence-electron chi connectivity index (χ4n) is 2.69. The van der Waals surface area contributed by atoms with Crippen molar-refractivity contribution in [2.45, 2.75) is 13.3 Å². The summed E-state index contributed by atoms with van der Waals surface area (Å²) in [7, 11) is 4.84. The number of likely N-dealkylation sites (N-methyl/N-ethyl adjacent to an activating group) is 1. The van der Waals surface area contributed by atoms with Crippen molar-refractivity contribution in [1.82, 2.24) is 5.32 Å². The first kappa shape index (κ1) is 18.8. The molecule has 0 aliphatic carbocycles. The lowest BCUT2D eigenvalue weighted by atomic mass is 9.95.